The lowest BCUT2D eigenvalue weighted by Crippen LogP contribution is -2.00. The van der Waals surface area contributed by atoms with E-state index in [1.807, 2.05) is 12.3 Å². The molecular weight excluding hydrogens is 317 g/mol. The molecule has 0 radical (unpaired) electrons. The Morgan fingerprint density at radius 2 is 1.92 bits per heavy atom. The maximum absolute atomic E-state index is 13.5. The van der Waals surface area contributed by atoms with Crippen molar-refractivity contribution in [1.29, 1.82) is 0 Å². The predicted molar refractivity (Wildman–Crippen MR) is 93.9 cm³/mol. The molecular formula is C19H16FN5. The molecule has 0 fully saturated rings. The lowest BCUT2D eigenvalue weighted by molar-refractivity contribution is 0.578. The van der Waals surface area contributed by atoms with Gasteiger partial charge in [0, 0.05) is 29.5 Å². The fourth-order valence-electron chi connectivity index (χ4n) is 2.69. The van der Waals surface area contributed by atoms with E-state index >= 15 is 0 Å². The third-order valence-electron chi connectivity index (χ3n) is 4.09. The third-order valence-corrected chi connectivity index (χ3v) is 4.09. The van der Waals surface area contributed by atoms with Gasteiger partial charge in [-0.1, -0.05) is 19.9 Å². The van der Waals surface area contributed by atoms with Crippen molar-refractivity contribution in [1.82, 2.24) is 24.7 Å². The molecule has 0 aliphatic rings. The van der Waals surface area contributed by atoms with Gasteiger partial charge in [0.25, 0.3) is 0 Å². The van der Waals surface area contributed by atoms with Gasteiger partial charge in [-0.15, -0.1) is 0 Å². The van der Waals surface area contributed by atoms with E-state index in [1.54, 1.807) is 35.4 Å². The largest absolute Gasteiger partial charge is 0.264 e. The number of pyridine rings is 3. The Morgan fingerprint density at radius 1 is 1.04 bits per heavy atom. The van der Waals surface area contributed by atoms with E-state index in [4.69, 9.17) is 0 Å². The van der Waals surface area contributed by atoms with Gasteiger partial charge in [0.2, 0.25) is 5.95 Å². The molecule has 5 nitrogen and oxygen atoms in total. The van der Waals surface area contributed by atoms with Gasteiger partial charge >= 0.3 is 0 Å². The van der Waals surface area contributed by atoms with Crippen LogP contribution < -0.4 is 0 Å². The highest BCUT2D eigenvalue weighted by Gasteiger charge is 2.11. The smallest absolute Gasteiger partial charge is 0.214 e. The summed E-state index contributed by atoms with van der Waals surface area (Å²) in [6.45, 7) is 4.25. The molecule has 0 N–H and O–H groups in total. The van der Waals surface area contributed by atoms with E-state index in [-0.39, 0.29) is 0 Å². The molecule has 25 heavy (non-hydrogen) atoms. The van der Waals surface area contributed by atoms with Gasteiger partial charge in [-0.05, 0) is 35.7 Å². The summed E-state index contributed by atoms with van der Waals surface area (Å²) in [6, 6.07) is 8.66. The zero-order valence-corrected chi connectivity index (χ0v) is 13.9. The Morgan fingerprint density at radius 3 is 2.72 bits per heavy atom. The number of hydrogen-bond acceptors (Lipinski definition) is 4. The molecule has 124 valence electrons. The molecule has 4 aromatic heterocycles. The molecule has 0 saturated carbocycles. The van der Waals surface area contributed by atoms with E-state index in [2.05, 4.69) is 40.0 Å². The Labute approximate surface area is 144 Å². The number of hydrogen-bond donors (Lipinski definition) is 0. The van der Waals surface area contributed by atoms with Crippen molar-refractivity contribution in [2.24, 2.45) is 0 Å². The Hall–Kier alpha value is -3.15. The lowest BCUT2D eigenvalue weighted by atomic mass is 10.0. The van der Waals surface area contributed by atoms with E-state index in [9.17, 15) is 4.39 Å². The Kier molecular flexibility index (Phi) is 3.72. The summed E-state index contributed by atoms with van der Waals surface area (Å²) in [4.78, 5) is 12.7. The minimum Gasteiger partial charge on any atom is -0.264 e. The summed E-state index contributed by atoms with van der Waals surface area (Å²) in [6.07, 6.45) is 7.12. The molecule has 0 aromatic carbocycles. The molecule has 0 unspecified atom stereocenters. The van der Waals surface area contributed by atoms with E-state index < -0.39 is 5.95 Å². The van der Waals surface area contributed by atoms with Gasteiger partial charge in [-0.25, -0.2) is 9.67 Å². The fraction of sp³-hybridized carbons (Fsp3) is 0.158. The quantitative estimate of drug-likeness (QED) is 0.529. The summed E-state index contributed by atoms with van der Waals surface area (Å²) in [5.74, 6) is 0.281. The summed E-state index contributed by atoms with van der Waals surface area (Å²) in [5.41, 5.74) is 3.70. The average molecular weight is 333 g/mol. The SMILES string of the molecule is CC(C)c1cncc(-c2cc3c(cn2)cnn3-c2cccc(F)n2)c1. The van der Waals surface area contributed by atoms with Gasteiger partial charge in [0.05, 0.1) is 17.4 Å². The third kappa shape index (κ3) is 2.87. The molecule has 0 spiro atoms. The zero-order valence-electron chi connectivity index (χ0n) is 13.9. The van der Waals surface area contributed by atoms with Crippen LogP contribution >= 0.6 is 0 Å². The second-order valence-electron chi connectivity index (χ2n) is 6.16. The van der Waals surface area contributed by atoms with E-state index in [0.29, 0.717) is 11.7 Å². The summed E-state index contributed by atoms with van der Waals surface area (Å²) >= 11 is 0. The highest BCUT2D eigenvalue weighted by atomic mass is 19.1. The van der Waals surface area contributed by atoms with Crippen molar-refractivity contribution in [2.45, 2.75) is 19.8 Å². The first-order valence-electron chi connectivity index (χ1n) is 8.04. The number of nitrogens with zero attached hydrogens (tertiary/aromatic N) is 5. The van der Waals surface area contributed by atoms with Crippen LogP contribution in [0.1, 0.15) is 25.3 Å². The first kappa shape index (κ1) is 15.4. The van der Waals surface area contributed by atoms with Crippen molar-refractivity contribution < 1.29 is 4.39 Å². The molecule has 4 rings (SSSR count). The van der Waals surface area contributed by atoms with E-state index in [1.165, 1.54) is 6.07 Å². The Balaban J connectivity index is 1.85. The van der Waals surface area contributed by atoms with Gasteiger partial charge < -0.3 is 0 Å². The number of rotatable bonds is 3. The second-order valence-corrected chi connectivity index (χ2v) is 6.16. The highest BCUT2D eigenvalue weighted by molar-refractivity contribution is 5.83. The van der Waals surface area contributed by atoms with Gasteiger partial charge in [0.1, 0.15) is 0 Å². The molecule has 0 aliphatic heterocycles. The molecule has 0 atom stereocenters. The number of halogens is 1. The average Bonchev–Trinajstić information content (AvgIpc) is 3.05. The van der Waals surface area contributed by atoms with E-state index in [0.717, 1.165) is 27.7 Å². The van der Waals surface area contributed by atoms with Crippen LogP contribution in [0.15, 0.2) is 55.1 Å². The summed E-state index contributed by atoms with van der Waals surface area (Å²) < 4.78 is 15.1. The lowest BCUT2D eigenvalue weighted by Gasteiger charge is -2.08. The van der Waals surface area contributed by atoms with Crippen molar-refractivity contribution in [3.05, 3.63) is 66.6 Å². The highest BCUT2D eigenvalue weighted by Crippen LogP contribution is 2.25. The van der Waals surface area contributed by atoms with Crippen molar-refractivity contribution in [2.75, 3.05) is 0 Å². The number of aromatic nitrogens is 5. The van der Waals surface area contributed by atoms with Crippen LogP contribution in [0.4, 0.5) is 4.39 Å². The first-order chi connectivity index (χ1) is 12.1. The molecule has 4 heterocycles. The molecule has 0 bridgehead atoms. The maximum Gasteiger partial charge on any atom is 0.214 e. The number of fused-ring (bicyclic) bond motifs is 1. The second kappa shape index (κ2) is 6.05. The molecule has 0 aliphatic carbocycles. The monoisotopic (exact) mass is 333 g/mol. The first-order valence-corrected chi connectivity index (χ1v) is 8.04. The minimum atomic E-state index is -0.538. The van der Waals surface area contributed by atoms with Crippen LogP contribution in [0.25, 0.3) is 28.0 Å². The van der Waals surface area contributed by atoms with Crippen LogP contribution in [0.5, 0.6) is 0 Å². The van der Waals surface area contributed by atoms with Crippen LogP contribution in [-0.4, -0.2) is 24.7 Å². The van der Waals surface area contributed by atoms with Crippen molar-refractivity contribution in [3.8, 4) is 17.1 Å². The topological polar surface area (TPSA) is 56.5 Å². The standard InChI is InChI=1S/C19H16FN5/c1-12(2)13-6-14(9-21-8-13)16-7-17-15(10-22-16)11-23-25(17)19-5-3-4-18(20)24-19/h3-12H,1-2H3. The fourth-order valence-corrected chi connectivity index (χ4v) is 2.69. The summed E-state index contributed by atoms with van der Waals surface area (Å²) in [7, 11) is 0. The maximum atomic E-state index is 13.5. The van der Waals surface area contributed by atoms with Gasteiger partial charge in [0.15, 0.2) is 5.82 Å². The molecule has 4 aromatic rings. The normalized spacial score (nSPS) is 11.4. The van der Waals surface area contributed by atoms with Crippen LogP contribution in [0.2, 0.25) is 0 Å². The Bertz CT molecular complexity index is 1050. The minimum absolute atomic E-state index is 0.387. The summed E-state index contributed by atoms with van der Waals surface area (Å²) in [5, 5.41) is 5.18. The van der Waals surface area contributed by atoms with Crippen LogP contribution in [0.3, 0.4) is 0 Å². The van der Waals surface area contributed by atoms with Crippen LogP contribution in [-0.2, 0) is 0 Å². The molecule has 6 heteroatoms. The van der Waals surface area contributed by atoms with Crippen molar-refractivity contribution in [3.63, 3.8) is 0 Å². The van der Waals surface area contributed by atoms with Gasteiger partial charge in [-0.2, -0.15) is 9.49 Å². The van der Waals surface area contributed by atoms with Crippen molar-refractivity contribution >= 4 is 10.9 Å². The molecule has 0 amide bonds. The zero-order chi connectivity index (χ0) is 17.4. The predicted octanol–water partition coefficient (Wildman–Crippen LogP) is 4.14. The van der Waals surface area contributed by atoms with Gasteiger partial charge in [-0.3, -0.25) is 9.97 Å². The molecule has 0 saturated heterocycles. The van der Waals surface area contributed by atoms with Crippen LogP contribution in [0, 0.1) is 5.95 Å².